The molecule has 0 radical (unpaired) electrons. The fourth-order valence-corrected chi connectivity index (χ4v) is 5.01. The summed E-state index contributed by atoms with van der Waals surface area (Å²) in [5, 5.41) is 2.06. The molecule has 3 aromatic rings. The average molecular weight is 353 g/mol. The molecule has 1 aliphatic rings. The SMILES string of the molecule is CC(C)C1CCC(n2cnc3c(-c4ccccc4)csc3c2=O)CC1. The highest BCUT2D eigenvalue weighted by atomic mass is 32.1. The van der Waals surface area contributed by atoms with Crippen molar-refractivity contribution in [2.75, 3.05) is 0 Å². The van der Waals surface area contributed by atoms with Gasteiger partial charge in [-0.2, -0.15) is 0 Å². The second-order valence-electron chi connectivity index (χ2n) is 7.46. The minimum Gasteiger partial charge on any atom is -0.295 e. The number of rotatable bonds is 3. The third kappa shape index (κ3) is 3.04. The smallest absolute Gasteiger partial charge is 0.271 e. The van der Waals surface area contributed by atoms with Crippen molar-refractivity contribution in [3.63, 3.8) is 0 Å². The fourth-order valence-electron chi connectivity index (χ4n) is 4.05. The van der Waals surface area contributed by atoms with Crippen molar-refractivity contribution in [3.8, 4) is 11.1 Å². The summed E-state index contributed by atoms with van der Waals surface area (Å²) in [5.74, 6) is 1.54. The first-order chi connectivity index (χ1) is 12.1. The zero-order valence-corrected chi connectivity index (χ0v) is 15.6. The van der Waals surface area contributed by atoms with Gasteiger partial charge < -0.3 is 0 Å². The maximum Gasteiger partial charge on any atom is 0.271 e. The summed E-state index contributed by atoms with van der Waals surface area (Å²) in [7, 11) is 0. The van der Waals surface area contributed by atoms with Gasteiger partial charge in [0.25, 0.3) is 5.56 Å². The second-order valence-corrected chi connectivity index (χ2v) is 8.34. The quantitative estimate of drug-likeness (QED) is 0.623. The molecule has 2 heterocycles. The highest BCUT2D eigenvalue weighted by Crippen LogP contribution is 2.36. The molecule has 0 amide bonds. The van der Waals surface area contributed by atoms with Crippen LogP contribution in [0.5, 0.6) is 0 Å². The predicted molar refractivity (Wildman–Crippen MR) is 105 cm³/mol. The first-order valence-electron chi connectivity index (χ1n) is 9.19. The summed E-state index contributed by atoms with van der Waals surface area (Å²) < 4.78 is 2.68. The molecule has 3 nitrogen and oxygen atoms in total. The van der Waals surface area contributed by atoms with E-state index in [1.165, 1.54) is 24.2 Å². The van der Waals surface area contributed by atoms with Crippen molar-refractivity contribution in [3.05, 3.63) is 52.4 Å². The lowest BCUT2D eigenvalue weighted by Crippen LogP contribution is -2.28. The summed E-state index contributed by atoms with van der Waals surface area (Å²) >= 11 is 1.52. The first-order valence-corrected chi connectivity index (χ1v) is 10.1. The van der Waals surface area contributed by atoms with Crippen LogP contribution in [0.15, 0.2) is 46.8 Å². The molecule has 1 fully saturated rings. The van der Waals surface area contributed by atoms with E-state index in [4.69, 9.17) is 0 Å². The lowest BCUT2D eigenvalue weighted by Gasteiger charge is -2.31. The van der Waals surface area contributed by atoms with Crippen LogP contribution >= 0.6 is 11.3 Å². The van der Waals surface area contributed by atoms with Crippen LogP contribution in [0.3, 0.4) is 0 Å². The van der Waals surface area contributed by atoms with Gasteiger partial charge in [-0.1, -0.05) is 44.2 Å². The Kier molecular flexibility index (Phi) is 4.46. The largest absolute Gasteiger partial charge is 0.295 e. The van der Waals surface area contributed by atoms with Crippen molar-refractivity contribution >= 4 is 21.6 Å². The molecule has 0 saturated heterocycles. The molecule has 0 aliphatic heterocycles. The van der Waals surface area contributed by atoms with E-state index < -0.39 is 0 Å². The van der Waals surface area contributed by atoms with E-state index in [1.807, 2.05) is 22.8 Å². The van der Waals surface area contributed by atoms with E-state index in [1.54, 1.807) is 6.33 Å². The standard InChI is InChI=1S/C21H24N2OS/c1-14(2)15-8-10-17(11-9-15)23-13-22-19-18(12-25-20(19)21(23)24)16-6-4-3-5-7-16/h3-7,12-15,17H,8-11H2,1-2H3. The highest BCUT2D eigenvalue weighted by Gasteiger charge is 2.25. The number of nitrogens with zero attached hydrogens (tertiary/aromatic N) is 2. The van der Waals surface area contributed by atoms with Crippen LogP contribution in [0.4, 0.5) is 0 Å². The van der Waals surface area contributed by atoms with E-state index in [0.717, 1.165) is 46.0 Å². The topological polar surface area (TPSA) is 34.9 Å². The molecule has 2 aromatic heterocycles. The molecular weight excluding hydrogens is 328 g/mol. The number of hydrogen-bond acceptors (Lipinski definition) is 3. The lowest BCUT2D eigenvalue weighted by atomic mass is 9.79. The van der Waals surface area contributed by atoms with Gasteiger partial charge >= 0.3 is 0 Å². The van der Waals surface area contributed by atoms with E-state index in [0.29, 0.717) is 6.04 Å². The predicted octanol–water partition coefficient (Wildman–Crippen LogP) is 5.51. The van der Waals surface area contributed by atoms with Crippen molar-refractivity contribution in [1.82, 2.24) is 9.55 Å². The third-order valence-corrected chi connectivity index (χ3v) is 6.62. The Morgan fingerprint density at radius 3 is 2.52 bits per heavy atom. The molecule has 4 rings (SSSR count). The highest BCUT2D eigenvalue weighted by molar-refractivity contribution is 7.17. The van der Waals surface area contributed by atoms with Crippen LogP contribution in [0.2, 0.25) is 0 Å². The van der Waals surface area contributed by atoms with Crippen molar-refractivity contribution < 1.29 is 0 Å². The number of hydrogen-bond donors (Lipinski definition) is 0. The molecule has 4 heteroatoms. The van der Waals surface area contributed by atoms with E-state index in [9.17, 15) is 4.79 Å². The van der Waals surface area contributed by atoms with E-state index in [2.05, 4.69) is 36.3 Å². The maximum atomic E-state index is 13.0. The van der Waals surface area contributed by atoms with Crippen LogP contribution in [0.1, 0.15) is 45.6 Å². The Hall–Kier alpha value is -1.94. The molecule has 1 aromatic carbocycles. The second kappa shape index (κ2) is 6.75. The van der Waals surface area contributed by atoms with Gasteiger partial charge in [0, 0.05) is 17.0 Å². The first kappa shape index (κ1) is 16.5. The number of thiophene rings is 1. The Labute approximate surface area is 152 Å². The van der Waals surface area contributed by atoms with Gasteiger partial charge in [0.15, 0.2) is 0 Å². The van der Waals surface area contributed by atoms with Gasteiger partial charge in [-0.05, 0) is 43.1 Å². The fraction of sp³-hybridized carbons (Fsp3) is 0.429. The zero-order valence-electron chi connectivity index (χ0n) is 14.8. The van der Waals surface area contributed by atoms with Crippen LogP contribution in [-0.4, -0.2) is 9.55 Å². The van der Waals surface area contributed by atoms with Crippen LogP contribution < -0.4 is 5.56 Å². The van der Waals surface area contributed by atoms with Crippen LogP contribution in [0, 0.1) is 11.8 Å². The van der Waals surface area contributed by atoms with Gasteiger partial charge in [-0.15, -0.1) is 11.3 Å². The van der Waals surface area contributed by atoms with E-state index >= 15 is 0 Å². The summed E-state index contributed by atoms with van der Waals surface area (Å²) in [6, 6.07) is 10.5. The van der Waals surface area contributed by atoms with E-state index in [-0.39, 0.29) is 5.56 Å². The van der Waals surface area contributed by atoms with Crippen LogP contribution in [-0.2, 0) is 0 Å². The van der Waals surface area contributed by atoms with Gasteiger partial charge in [-0.25, -0.2) is 4.98 Å². The van der Waals surface area contributed by atoms with Crippen LogP contribution in [0.25, 0.3) is 21.3 Å². The van der Waals surface area contributed by atoms with Crippen molar-refractivity contribution in [2.24, 2.45) is 11.8 Å². The number of benzene rings is 1. The summed E-state index contributed by atoms with van der Waals surface area (Å²) in [4.78, 5) is 17.7. The van der Waals surface area contributed by atoms with Gasteiger partial charge in [0.2, 0.25) is 0 Å². The molecule has 0 bridgehead atoms. The number of aromatic nitrogens is 2. The molecular formula is C21H24N2OS. The molecule has 0 spiro atoms. The summed E-state index contributed by atoms with van der Waals surface area (Å²) in [6.07, 6.45) is 6.39. The van der Waals surface area contributed by atoms with Gasteiger partial charge in [-0.3, -0.25) is 9.36 Å². The Bertz CT molecular complexity index is 918. The summed E-state index contributed by atoms with van der Waals surface area (Å²) in [5.41, 5.74) is 3.16. The van der Waals surface area contributed by atoms with Gasteiger partial charge in [0.05, 0.1) is 11.8 Å². The van der Waals surface area contributed by atoms with Crippen molar-refractivity contribution in [2.45, 2.75) is 45.6 Å². The maximum absolute atomic E-state index is 13.0. The van der Waals surface area contributed by atoms with Gasteiger partial charge in [0.1, 0.15) is 4.70 Å². The Morgan fingerprint density at radius 2 is 1.84 bits per heavy atom. The summed E-state index contributed by atoms with van der Waals surface area (Å²) in [6.45, 7) is 4.61. The zero-order chi connectivity index (χ0) is 17.4. The molecule has 130 valence electrons. The Balaban J connectivity index is 1.67. The minimum atomic E-state index is 0.130. The van der Waals surface area contributed by atoms with Crippen molar-refractivity contribution in [1.29, 1.82) is 0 Å². The number of fused-ring (bicyclic) bond motifs is 1. The molecule has 1 saturated carbocycles. The molecule has 25 heavy (non-hydrogen) atoms. The average Bonchev–Trinajstić information content (AvgIpc) is 3.08. The third-order valence-electron chi connectivity index (χ3n) is 5.67. The molecule has 1 aliphatic carbocycles. The molecule has 0 unspecified atom stereocenters. The molecule has 0 atom stereocenters. The monoisotopic (exact) mass is 352 g/mol. The lowest BCUT2D eigenvalue weighted by molar-refractivity contribution is 0.223. The molecule has 0 N–H and O–H groups in total. The normalized spacial score (nSPS) is 21.1. The minimum absolute atomic E-state index is 0.130. The Morgan fingerprint density at radius 1 is 1.12 bits per heavy atom.